The van der Waals surface area contributed by atoms with Crippen molar-refractivity contribution in [1.82, 2.24) is 0 Å². The van der Waals surface area contributed by atoms with E-state index in [1.165, 1.54) is 0 Å². The van der Waals surface area contributed by atoms with E-state index in [2.05, 4.69) is 31.9 Å². The number of anilines is 1. The van der Waals surface area contributed by atoms with Crippen molar-refractivity contribution in [3.63, 3.8) is 0 Å². The molecule has 0 aromatic heterocycles. The van der Waals surface area contributed by atoms with Crippen molar-refractivity contribution in [2.75, 3.05) is 17.7 Å². The molecule has 0 saturated carbocycles. The van der Waals surface area contributed by atoms with Crippen LogP contribution >= 0.6 is 31.9 Å². The number of nitrogens with two attached hydrogens (primary N) is 1. The van der Waals surface area contributed by atoms with Crippen molar-refractivity contribution in [3.8, 4) is 5.75 Å². The van der Waals surface area contributed by atoms with Gasteiger partial charge in [-0.15, -0.1) is 0 Å². The van der Waals surface area contributed by atoms with Gasteiger partial charge in [-0.05, 0) is 18.2 Å². The lowest BCUT2D eigenvalue weighted by Crippen LogP contribution is -2.00. The molecule has 66 valence electrons. The lowest BCUT2D eigenvalue weighted by molar-refractivity contribution is 0.347. The molecule has 0 aliphatic heterocycles. The smallest absolute Gasteiger partial charge is 0.142 e. The van der Waals surface area contributed by atoms with E-state index in [9.17, 15) is 0 Å². The van der Waals surface area contributed by atoms with Crippen LogP contribution in [0.1, 0.15) is 0 Å². The Hall–Kier alpha value is -0.220. The van der Waals surface area contributed by atoms with Gasteiger partial charge in [0.15, 0.2) is 0 Å². The van der Waals surface area contributed by atoms with Gasteiger partial charge in [-0.2, -0.15) is 0 Å². The molecule has 1 aromatic carbocycles. The maximum Gasteiger partial charge on any atom is 0.142 e. The van der Waals surface area contributed by atoms with Gasteiger partial charge in [0.1, 0.15) is 5.75 Å². The zero-order valence-corrected chi connectivity index (χ0v) is 9.56. The maximum atomic E-state index is 5.69. The van der Waals surface area contributed by atoms with Crippen molar-refractivity contribution in [3.05, 3.63) is 22.7 Å². The molecule has 0 aliphatic rings. The molecule has 0 fully saturated rings. The van der Waals surface area contributed by atoms with E-state index >= 15 is 0 Å². The summed E-state index contributed by atoms with van der Waals surface area (Å²) in [6.07, 6.45) is 0. The van der Waals surface area contributed by atoms with Gasteiger partial charge in [0.2, 0.25) is 0 Å². The number of ether oxygens (including phenoxy) is 1. The normalized spacial score (nSPS) is 9.83. The summed E-state index contributed by atoms with van der Waals surface area (Å²) in [5.74, 6) is 0.734. The van der Waals surface area contributed by atoms with E-state index < -0.39 is 0 Å². The first kappa shape index (κ1) is 9.86. The second-order valence-electron chi connectivity index (χ2n) is 2.22. The number of nitrogen functional groups attached to an aromatic ring is 1. The number of rotatable bonds is 3. The van der Waals surface area contributed by atoms with Crippen LogP contribution in [0, 0.1) is 0 Å². The largest absolute Gasteiger partial charge is 0.491 e. The van der Waals surface area contributed by atoms with Gasteiger partial charge in [0, 0.05) is 9.80 Å². The zero-order chi connectivity index (χ0) is 8.97. The van der Waals surface area contributed by atoms with E-state index in [0.29, 0.717) is 12.3 Å². The Bertz CT molecular complexity index is 265. The summed E-state index contributed by atoms with van der Waals surface area (Å²) in [6.45, 7) is 0.631. The van der Waals surface area contributed by atoms with Crippen LogP contribution in [-0.4, -0.2) is 11.9 Å². The van der Waals surface area contributed by atoms with Gasteiger partial charge in [0.05, 0.1) is 12.3 Å². The molecule has 0 atom stereocenters. The van der Waals surface area contributed by atoms with E-state index in [-0.39, 0.29) is 0 Å². The average molecular weight is 295 g/mol. The summed E-state index contributed by atoms with van der Waals surface area (Å²) in [7, 11) is 0. The zero-order valence-electron chi connectivity index (χ0n) is 6.39. The molecular formula is C8H9Br2NO. The molecular weight excluding hydrogens is 286 g/mol. The van der Waals surface area contributed by atoms with Crippen LogP contribution in [0.3, 0.4) is 0 Å². The van der Waals surface area contributed by atoms with Gasteiger partial charge < -0.3 is 10.5 Å². The third-order valence-electron chi connectivity index (χ3n) is 1.31. The Balaban J connectivity index is 2.72. The fourth-order valence-corrected chi connectivity index (χ4v) is 1.34. The van der Waals surface area contributed by atoms with Gasteiger partial charge in [-0.3, -0.25) is 0 Å². The first-order chi connectivity index (χ1) is 5.74. The second-order valence-corrected chi connectivity index (χ2v) is 3.93. The van der Waals surface area contributed by atoms with Crippen LogP contribution in [0.15, 0.2) is 22.7 Å². The predicted octanol–water partition coefficient (Wildman–Crippen LogP) is 2.81. The summed E-state index contributed by atoms with van der Waals surface area (Å²) in [5, 5.41) is 0.808. The highest BCUT2D eigenvalue weighted by molar-refractivity contribution is 9.10. The average Bonchev–Trinajstić information content (AvgIpc) is 2.03. The number of benzene rings is 1. The van der Waals surface area contributed by atoms with Crippen LogP contribution in [-0.2, 0) is 0 Å². The number of hydrogen-bond donors (Lipinski definition) is 1. The minimum Gasteiger partial charge on any atom is -0.491 e. The highest BCUT2D eigenvalue weighted by Crippen LogP contribution is 2.24. The van der Waals surface area contributed by atoms with Crippen molar-refractivity contribution >= 4 is 37.5 Å². The first-order valence-electron chi connectivity index (χ1n) is 3.48. The number of hydrogen-bond acceptors (Lipinski definition) is 2. The molecule has 2 N–H and O–H groups in total. The van der Waals surface area contributed by atoms with Crippen molar-refractivity contribution in [2.45, 2.75) is 0 Å². The molecule has 0 amide bonds. The minimum atomic E-state index is 0.631. The molecule has 1 aromatic rings. The van der Waals surface area contributed by atoms with Crippen molar-refractivity contribution < 1.29 is 4.74 Å². The Labute approximate surface area is 88.3 Å². The van der Waals surface area contributed by atoms with E-state index in [1.807, 2.05) is 18.2 Å². The van der Waals surface area contributed by atoms with E-state index in [1.54, 1.807) is 0 Å². The van der Waals surface area contributed by atoms with Crippen LogP contribution in [0.4, 0.5) is 5.69 Å². The topological polar surface area (TPSA) is 35.2 Å². The Morgan fingerprint density at radius 2 is 2.17 bits per heavy atom. The van der Waals surface area contributed by atoms with Crippen LogP contribution < -0.4 is 10.5 Å². The molecule has 0 saturated heterocycles. The monoisotopic (exact) mass is 293 g/mol. The predicted molar refractivity (Wildman–Crippen MR) is 57.8 cm³/mol. The highest BCUT2D eigenvalue weighted by atomic mass is 79.9. The first-order valence-corrected chi connectivity index (χ1v) is 5.39. The van der Waals surface area contributed by atoms with Gasteiger partial charge in [-0.1, -0.05) is 31.9 Å². The lowest BCUT2D eigenvalue weighted by Gasteiger charge is -2.06. The van der Waals surface area contributed by atoms with Crippen molar-refractivity contribution in [1.29, 1.82) is 0 Å². The summed E-state index contributed by atoms with van der Waals surface area (Å²) in [4.78, 5) is 0. The minimum absolute atomic E-state index is 0.631. The third kappa shape index (κ3) is 2.68. The Morgan fingerprint density at radius 3 is 2.75 bits per heavy atom. The summed E-state index contributed by atoms with van der Waals surface area (Å²) >= 11 is 6.59. The van der Waals surface area contributed by atoms with Crippen LogP contribution in [0.5, 0.6) is 5.75 Å². The molecule has 1 rings (SSSR count). The third-order valence-corrected chi connectivity index (χ3v) is 2.12. The fraction of sp³-hybridized carbons (Fsp3) is 0.250. The Morgan fingerprint density at radius 1 is 1.42 bits per heavy atom. The van der Waals surface area contributed by atoms with Gasteiger partial charge in [-0.25, -0.2) is 0 Å². The number of halogens is 2. The molecule has 4 heteroatoms. The second kappa shape index (κ2) is 4.72. The Kier molecular flexibility index (Phi) is 3.88. The highest BCUT2D eigenvalue weighted by Gasteiger charge is 1.99. The molecule has 0 bridgehead atoms. The molecule has 0 unspecified atom stereocenters. The van der Waals surface area contributed by atoms with E-state index in [4.69, 9.17) is 10.5 Å². The SMILES string of the molecule is Nc1cc(Br)ccc1OCCBr. The van der Waals surface area contributed by atoms with Crippen molar-refractivity contribution in [2.24, 2.45) is 0 Å². The fourth-order valence-electron chi connectivity index (χ4n) is 0.799. The lowest BCUT2D eigenvalue weighted by atomic mass is 10.3. The van der Waals surface area contributed by atoms with Crippen LogP contribution in [0.25, 0.3) is 0 Å². The number of alkyl halides is 1. The van der Waals surface area contributed by atoms with Gasteiger partial charge in [0.25, 0.3) is 0 Å². The quantitative estimate of drug-likeness (QED) is 0.687. The summed E-state index contributed by atoms with van der Waals surface area (Å²) in [6, 6.07) is 5.57. The van der Waals surface area contributed by atoms with Crippen LogP contribution in [0.2, 0.25) is 0 Å². The van der Waals surface area contributed by atoms with E-state index in [0.717, 1.165) is 15.6 Å². The summed E-state index contributed by atoms with van der Waals surface area (Å²) < 4.78 is 6.31. The standard InChI is InChI=1S/C8H9Br2NO/c9-3-4-12-8-2-1-6(10)5-7(8)11/h1-2,5H,3-4,11H2. The molecule has 2 nitrogen and oxygen atoms in total. The molecule has 0 aliphatic carbocycles. The molecule has 0 radical (unpaired) electrons. The molecule has 0 spiro atoms. The summed E-state index contributed by atoms with van der Waals surface area (Å²) in [5.41, 5.74) is 6.35. The molecule has 12 heavy (non-hydrogen) atoms. The maximum absolute atomic E-state index is 5.69. The molecule has 0 heterocycles. The van der Waals surface area contributed by atoms with Gasteiger partial charge >= 0.3 is 0 Å².